The number of carbonyl (C=O) groups is 1. The van der Waals surface area contributed by atoms with E-state index >= 15 is 0 Å². The van der Waals surface area contributed by atoms with Gasteiger partial charge in [0.25, 0.3) is 5.69 Å². The van der Waals surface area contributed by atoms with Crippen LogP contribution in [0.4, 0.5) is 10.1 Å². The van der Waals surface area contributed by atoms with Gasteiger partial charge in [0, 0.05) is 17.2 Å². The third-order valence-electron chi connectivity index (χ3n) is 2.80. The van der Waals surface area contributed by atoms with Gasteiger partial charge >= 0.3 is 5.97 Å². The second kappa shape index (κ2) is 6.40. The molecule has 0 bridgehead atoms. The summed E-state index contributed by atoms with van der Waals surface area (Å²) in [6.07, 6.45) is -3.95. The molecule has 8 heteroatoms. The molecule has 1 aromatic carbocycles. The first-order chi connectivity index (χ1) is 9.27. The van der Waals surface area contributed by atoms with E-state index in [-0.39, 0.29) is 11.3 Å². The van der Waals surface area contributed by atoms with Crippen molar-refractivity contribution in [2.45, 2.75) is 25.6 Å². The van der Waals surface area contributed by atoms with Crippen LogP contribution in [0.5, 0.6) is 0 Å². The molecule has 0 fully saturated rings. The molecule has 1 rings (SSSR count). The zero-order chi connectivity index (χ0) is 15.4. The molecule has 0 aliphatic rings. The Morgan fingerprint density at radius 2 is 2.10 bits per heavy atom. The second-order valence-electron chi connectivity index (χ2n) is 4.21. The van der Waals surface area contributed by atoms with Crippen molar-refractivity contribution in [3.8, 4) is 0 Å². The van der Waals surface area contributed by atoms with Gasteiger partial charge in [0.15, 0.2) is 0 Å². The number of ether oxygens (including phenoxy) is 1. The Hall–Kier alpha value is -2.06. The van der Waals surface area contributed by atoms with E-state index in [1.807, 2.05) is 0 Å². The molecule has 0 saturated carbocycles. The minimum absolute atomic E-state index is 0.0888. The molecule has 0 aromatic heterocycles. The van der Waals surface area contributed by atoms with E-state index in [4.69, 9.17) is 0 Å². The summed E-state index contributed by atoms with van der Waals surface area (Å²) in [7, 11) is 1.10. The molecule has 0 heterocycles. The summed E-state index contributed by atoms with van der Waals surface area (Å²) in [6.45, 7) is 1.35. The standard InChI is InChI=1S/C12H14FNO6/c1-6-3-8(13)7(4-9(6)14(18)19)12(17)10(15)5-11(16)20-2/h3-4,10,12,15,17H,5H2,1-2H3. The normalized spacial score (nSPS) is 13.7. The number of aliphatic hydroxyl groups is 2. The highest BCUT2D eigenvalue weighted by atomic mass is 19.1. The average molecular weight is 287 g/mol. The molecule has 0 aliphatic carbocycles. The molecule has 0 aliphatic heterocycles. The first kappa shape index (κ1) is 16.0. The topological polar surface area (TPSA) is 110 Å². The summed E-state index contributed by atoms with van der Waals surface area (Å²) in [5.74, 6) is -1.69. The van der Waals surface area contributed by atoms with Crippen LogP contribution in [0.15, 0.2) is 12.1 Å². The molecule has 0 radical (unpaired) electrons. The van der Waals surface area contributed by atoms with Gasteiger partial charge in [-0.2, -0.15) is 0 Å². The molecular weight excluding hydrogens is 273 g/mol. The Morgan fingerprint density at radius 1 is 1.50 bits per heavy atom. The molecule has 0 saturated heterocycles. The highest BCUT2D eigenvalue weighted by Gasteiger charge is 2.27. The van der Waals surface area contributed by atoms with Gasteiger partial charge in [-0.3, -0.25) is 14.9 Å². The van der Waals surface area contributed by atoms with Crippen LogP contribution >= 0.6 is 0 Å². The summed E-state index contributed by atoms with van der Waals surface area (Å²) >= 11 is 0. The van der Waals surface area contributed by atoms with Crippen molar-refractivity contribution in [1.29, 1.82) is 0 Å². The molecule has 1 aromatic rings. The van der Waals surface area contributed by atoms with Crippen LogP contribution in [-0.2, 0) is 9.53 Å². The van der Waals surface area contributed by atoms with Crippen LogP contribution in [0, 0.1) is 22.9 Å². The Bertz CT molecular complexity index is 533. The molecule has 20 heavy (non-hydrogen) atoms. The average Bonchev–Trinajstić information content (AvgIpc) is 2.37. The lowest BCUT2D eigenvalue weighted by molar-refractivity contribution is -0.385. The first-order valence-corrected chi connectivity index (χ1v) is 5.65. The van der Waals surface area contributed by atoms with Gasteiger partial charge in [0.1, 0.15) is 11.9 Å². The fraction of sp³-hybridized carbons (Fsp3) is 0.417. The number of methoxy groups -OCH3 is 1. The van der Waals surface area contributed by atoms with Crippen LogP contribution in [0.25, 0.3) is 0 Å². The van der Waals surface area contributed by atoms with E-state index in [1.54, 1.807) is 0 Å². The molecule has 2 atom stereocenters. The monoisotopic (exact) mass is 287 g/mol. The minimum atomic E-state index is -1.77. The highest BCUT2D eigenvalue weighted by molar-refractivity contribution is 5.69. The van der Waals surface area contributed by atoms with Gasteiger partial charge in [-0.1, -0.05) is 0 Å². The Morgan fingerprint density at radius 3 is 2.60 bits per heavy atom. The SMILES string of the molecule is COC(=O)CC(O)C(O)c1cc([N+](=O)[O-])c(C)cc1F. The molecule has 110 valence electrons. The van der Waals surface area contributed by atoms with Crippen molar-refractivity contribution in [1.82, 2.24) is 0 Å². The van der Waals surface area contributed by atoms with Gasteiger partial charge in [0.2, 0.25) is 0 Å². The van der Waals surface area contributed by atoms with Crippen LogP contribution in [0.3, 0.4) is 0 Å². The molecule has 2 unspecified atom stereocenters. The zero-order valence-electron chi connectivity index (χ0n) is 10.9. The van der Waals surface area contributed by atoms with Crippen molar-refractivity contribution in [2.75, 3.05) is 7.11 Å². The number of aryl methyl sites for hydroxylation is 1. The largest absolute Gasteiger partial charge is 0.469 e. The van der Waals surface area contributed by atoms with Crippen molar-refractivity contribution in [3.63, 3.8) is 0 Å². The van der Waals surface area contributed by atoms with Crippen molar-refractivity contribution >= 4 is 11.7 Å². The van der Waals surface area contributed by atoms with E-state index in [0.29, 0.717) is 0 Å². The zero-order valence-corrected chi connectivity index (χ0v) is 10.9. The summed E-state index contributed by atoms with van der Waals surface area (Å²) in [5, 5.41) is 30.2. The molecule has 2 N–H and O–H groups in total. The number of nitro groups is 1. The second-order valence-corrected chi connectivity index (χ2v) is 4.21. The van der Waals surface area contributed by atoms with Crippen molar-refractivity contribution < 1.29 is 29.1 Å². The van der Waals surface area contributed by atoms with Crippen molar-refractivity contribution in [2.24, 2.45) is 0 Å². The fourth-order valence-electron chi connectivity index (χ4n) is 1.67. The maximum atomic E-state index is 13.7. The highest BCUT2D eigenvalue weighted by Crippen LogP contribution is 2.28. The number of hydrogen-bond donors (Lipinski definition) is 2. The number of halogens is 1. The quantitative estimate of drug-likeness (QED) is 0.475. The van der Waals surface area contributed by atoms with E-state index in [2.05, 4.69) is 4.74 Å². The van der Waals surface area contributed by atoms with Crippen LogP contribution < -0.4 is 0 Å². The maximum absolute atomic E-state index is 13.7. The molecular formula is C12H14FNO6. The van der Waals surface area contributed by atoms with Crippen LogP contribution in [0.1, 0.15) is 23.7 Å². The number of esters is 1. The van der Waals surface area contributed by atoms with Crippen LogP contribution in [0.2, 0.25) is 0 Å². The number of benzene rings is 1. The summed E-state index contributed by atoms with van der Waals surface area (Å²) < 4.78 is 18.0. The smallest absolute Gasteiger partial charge is 0.308 e. The fourth-order valence-corrected chi connectivity index (χ4v) is 1.67. The third-order valence-corrected chi connectivity index (χ3v) is 2.80. The van der Waals surface area contributed by atoms with E-state index < -0.39 is 40.9 Å². The molecule has 7 nitrogen and oxygen atoms in total. The summed E-state index contributed by atoms with van der Waals surface area (Å²) in [6, 6.07) is 1.73. The van der Waals surface area contributed by atoms with Gasteiger partial charge < -0.3 is 14.9 Å². The third kappa shape index (κ3) is 3.49. The Labute approximate surface area is 113 Å². The van der Waals surface area contributed by atoms with Gasteiger partial charge in [-0.05, 0) is 13.0 Å². The van der Waals surface area contributed by atoms with Crippen LogP contribution in [-0.4, -0.2) is 34.3 Å². The number of rotatable bonds is 5. The Kier molecular flexibility index (Phi) is 5.12. The van der Waals surface area contributed by atoms with Gasteiger partial charge in [0.05, 0.1) is 24.6 Å². The number of hydrogen-bond acceptors (Lipinski definition) is 6. The van der Waals surface area contributed by atoms with Gasteiger partial charge in [-0.25, -0.2) is 4.39 Å². The van der Waals surface area contributed by atoms with E-state index in [0.717, 1.165) is 19.2 Å². The lowest BCUT2D eigenvalue weighted by Crippen LogP contribution is -2.23. The number of carbonyl (C=O) groups excluding carboxylic acids is 1. The number of nitro benzene ring substituents is 1. The van der Waals surface area contributed by atoms with E-state index in [1.165, 1.54) is 6.92 Å². The summed E-state index contributed by atoms with van der Waals surface area (Å²) in [5.41, 5.74) is -0.740. The predicted molar refractivity (Wildman–Crippen MR) is 65.4 cm³/mol. The van der Waals surface area contributed by atoms with E-state index in [9.17, 15) is 29.5 Å². The maximum Gasteiger partial charge on any atom is 0.308 e. The number of nitrogens with zero attached hydrogens (tertiary/aromatic N) is 1. The lowest BCUT2D eigenvalue weighted by Gasteiger charge is -2.18. The minimum Gasteiger partial charge on any atom is -0.469 e. The lowest BCUT2D eigenvalue weighted by atomic mass is 9.99. The predicted octanol–water partition coefficient (Wildman–Crippen LogP) is 1.000. The van der Waals surface area contributed by atoms with Crippen molar-refractivity contribution in [3.05, 3.63) is 39.2 Å². The molecule has 0 amide bonds. The molecule has 0 spiro atoms. The Balaban J connectivity index is 3.09. The van der Waals surface area contributed by atoms with Gasteiger partial charge in [-0.15, -0.1) is 0 Å². The number of aliphatic hydroxyl groups excluding tert-OH is 2. The first-order valence-electron chi connectivity index (χ1n) is 5.65. The summed E-state index contributed by atoms with van der Waals surface area (Å²) in [4.78, 5) is 21.0.